The number of nitrogens with zero attached hydrogens (tertiary/aromatic N) is 1. The summed E-state index contributed by atoms with van der Waals surface area (Å²) in [7, 11) is 2.12. The van der Waals surface area contributed by atoms with Gasteiger partial charge in [0.15, 0.2) is 0 Å². The van der Waals surface area contributed by atoms with Crippen LogP contribution in [0.4, 0.5) is 5.69 Å². The second-order valence-corrected chi connectivity index (χ2v) is 5.11. The van der Waals surface area contributed by atoms with Crippen LogP contribution in [0, 0.1) is 0 Å². The monoisotopic (exact) mass is 218 g/mol. The predicted octanol–water partition coefficient (Wildman–Crippen LogP) is 1.55. The van der Waals surface area contributed by atoms with Gasteiger partial charge in [0.05, 0.1) is 6.61 Å². The first-order valence-electron chi connectivity index (χ1n) is 5.92. The van der Waals surface area contributed by atoms with Crippen LogP contribution in [0.15, 0.2) is 18.2 Å². The number of benzene rings is 1. The summed E-state index contributed by atoms with van der Waals surface area (Å²) < 4.78 is 5.50. The predicted molar refractivity (Wildman–Crippen MR) is 65.1 cm³/mol. The molecule has 0 bridgehead atoms. The van der Waals surface area contributed by atoms with E-state index in [1.54, 1.807) is 0 Å². The standard InChI is InChI=1S/C13H18N2O/c1-15(9-13(14)5-6-13)11-2-3-12-10(8-11)4-7-16-12/h2-3,8H,4-7,9,14H2,1H3. The average molecular weight is 218 g/mol. The van der Waals surface area contributed by atoms with E-state index in [1.807, 2.05) is 0 Å². The molecule has 1 aromatic rings. The van der Waals surface area contributed by atoms with Gasteiger partial charge in [-0.2, -0.15) is 0 Å². The molecular weight excluding hydrogens is 200 g/mol. The van der Waals surface area contributed by atoms with E-state index in [4.69, 9.17) is 10.5 Å². The summed E-state index contributed by atoms with van der Waals surface area (Å²) in [6.07, 6.45) is 3.35. The summed E-state index contributed by atoms with van der Waals surface area (Å²) >= 11 is 0. The first kappa shape index (κ1) is 9.97. The van der Waals surface area contributed by atoms with Gasteiger partial charge in [-0.25, -0.2) is 0 Å². The van der Waals surface area contributed by atoms with E-state index in [-0.39, 0.29) is 5.54 Å². The molecule has 1 aromatic carbocycles. The van der Waals surface area contributed by atoms with Crippen LogP contribution < -0.4 is 15.4 Å². The van der Waals surface area contributed by atoms with E-state index in [0.29, 0.717) is 0 Å². The SMILES string of the molecule is CN(CC1(N)CC1)c1ccc2c(c1)CCO2. The summed E-state index contributed by atoms with van der Waals surface area (Å²) in [6, 6.07) is 6.42. The number of hydrogen-bond donors (Lipinski definition) is 1. The number of hydrogen-bond acceptors (Lipinski definition) is 3. The zero-order valence-electron chi connectivity index (χ0n) is 9.70. The van der Waals surface area contributed by atoms with E-state index in [0.717, 1.165) is 38.2 Å². The van der Waals surface area contributed by atoms with Crippen LogP contribution >= 0.6 is 0 Å². The van der Waals surface area contributed by atoms with Gasteiger partial charge >= 0.3 is 0 Å². The fourth-order valence-electron chi connectivity index (χ4n) is 2.29. The van der Waals surface area contributed by atoms with Gasteiger partial charge in [0.2, 0.25) is 0 Å². The van der Waals surface area contributed by atoms with Crippen molar-refractivity contribution in [2.24, 2.45) is 5.73 Å². The quantitative estimate of drug-likeness (QED) is 0.836. The number of rotatable bonds is 3. The van der Waals surface area contributed by atoms with Crippen LogP contribution in [0.1, 0.15) is 18.4 Å². The van der Waals surface area contributed by atoms with Crippen molar-refractivity contribution < 1.29 is 4.74 Å². The highest BCUT2D eigenvalue weighted by atomic mass is 16.5. The van der Waals surface area contributed by atoms with E-state index >= 15 is 0 Å². The lowest BCUT2D eigenvalue weighted by Crippen LogP contribution is -2.37. The zero-order chi connectivity index (χ0) is 11.2. The van der Waals surface area contributed by atoms with Crippen molar-refractivity contribution in [3.63, 3.8) is 0 Å². The normalized spacial score (nSPS) is 20.1. The fourth-order valence-corrected chi connectivity index (χ4v) is 2.29. The Morgan fingerprint density at radius 3 is 3.00 bits per heavy atom. The third-order valence-electron chi connectivity index (χ3n) is 3.56. The molecule has 1 saturated carbocycles. The summed E-state index contributed by atoms with van der Waals surface area (Å²) in [6.45, 7) is 1.77. The minimum atomic E-state index is 0.0737. The Kier molecular flexibility index (Phi) is 2.11. The molecule has 2 N–H and O–H groups in total. The van der Waals surface area contributed by atoms with Crippen LogP contribution in [0.2, 0.25) is 0 Å². The molecule has 1 heterocycles. The van der Waals surface area contributed by atoms with E-state index in [1.165, 1.54) is 11.3 Å². The third-order valence-corrected chi connectivity index (χ3v) is 3.56. The minimum Gasteiger partial charge on any atom is -0.493 e. The van der Waals surface area contributed by atoms with Crippen LogP contribution in [-0.4, -0.2) is 25.7 Å². The molecule has 0 aromatic heterocycles. The van der Waals surface area contributed by atoms with Crippen molar-refractivity contribution in [3.05, 3.63) is 23.8 Å². The van der Waals surface area contributed by atoms with Crippen LogP contribution in [0.5, 0.6) is 5.75 Å². The van der Waals surface area contributed by atoms with Crippen molar-refractivity contribution >= 4 is 5.69 Å². The Balaban J connectivity index is 1.78. The largest absolute Gasteiger partial charge is 0.493 e. The number of ether oxygens (including phenoxy) is 1. The highest BCUT2D eigenvalue weighted by molar-refractivity contribution is 5.54. The van der Waals surface area contributed by atoms with Crippen LogP contribution in [-0.2, 0) is 6.42 Å². The lowest BCUT2D eigenvalue weighted by molar-refractivity contribution is 0.357. The Morgan fingerprint density at radius 2 is 2.25 bits per heavy atom. The maximum Gasteiger partial charge on any atom is 0.122 e. The molecule has 0 radical (unpaired) electrons. The molecule has 1 aliphatic carbocycles. The van der Waals surface area contributed by atoms with Crippen molar-refractivity contribution in [2.45, 2.75) is 24.8 Å². The Labute approximate surface area is 96.2 Å². The van der Waals surface area contributed by atoms with Crippen molar-refractivity contribution in [1.82, 2.24) is 0 Å². The van der Waals surface area contributed by atoms with E-state index in [9.17, 15) is 0 Å². The third kappa shape index (κ3) is 1.76. The van der Waals surface area contributed by atoms with Crippen molar-refractivity contribution in [1.29, 1.82) is 0 Å². The molecular formula is C13H18N2O. The highest BCUT2D eigenvalue weighted by Gasteiger charge is 2.39. The van der Waals surface area contributed by atoms with Gasteiger partial charge < -0.3 is 15.4 Å². The van der Waals surface area contributed by atoms with Crippen molar-refractivity contribution in [2.75, 3.05) is 25.1 Å². The first-order valence-corrected chi connectivity index (χ1v) is 5.92. The fraction of sp³-hybridized carbons (Fsp3) is 0.538. The number of fused-ring (bicyclic) bond motifs is 1. The molecule has 0 atom stereocenters. The van der Waals surface area contributed by atoms with Gasteiger partial charge in [0, 0.05) is 31.2 Å². The molecule has 3 nitrogen and oxygen atoms in total. The van der Waals surface area contributed by atoms with Crippen molar-refractivity contribution in [3.8, 4) is 5.75 Å². The number of nitrogens with two attached hydrogens (primary N) is 1. The van der Waals surface area contributed by atoms with Crippen LogP contribution in [0.3, 0.4) is 0 Å². The molecule has 0 amide bonds. The molecule has 0 saturated heterocycles. The average Bonchev–Trinajstić information content (AvgIpc) is 2.82. The first-order chi connectivity index (χ1) is 7.66. The van der Waals surface area contributed by atoms with Gasteiger partial charge in [-0.3, -0.25) is 0 Å². The summed E-state index contributed by atoms with van der Waals surface area (Å²) in [5, 5.41) is 0. The second kappa shape index (κ2) is 3.39. The Bertz CT molecular complexity index is 412. The van der Waals surface area contributed by atoms with Crippen LogP contribution in [0.25, 0.3) is 0 Å². The lowest BCUT2D eigenvalue weighted by Gasteiger charge is -2.23. The zero-order valence-corrected chi connectivity index (χ0v) is 9.70. The Hall–Kier alpha value is -1.22. The highest BCUT2D eigenvalue weighted by Crippen LogP contribution is 2.35. The maximum absolute atomic E-state index is 6.13. The van der Waals surface area contributed by atoms with E-state index < -0.39 is 0 Å². The van der Waals surface area contributed by atoms with Gasteiger partial charge in [-0.05, 0) is 36.6 Å². The molecule has 1 aliphatic heterocycles. The molecule has 3 heteroatoms. The summed E-state index contributed by atoms with van der Waals surface area (Å²) in [5.74, 6) is 1.05. The molecule has 0 spiro atoms. The topological polar surface area (TPSA) is 38.5 Å². The molecule has 3 rings (SSSR count). The molecule has 86 valence electrons. The summed E-state index contributed by atoms with van der Waals surface area (Å²) in [5.41, 5.74) is 8.78. The molecule has 2 aliphatic rings. The molecule has 0 unspecified atom stereocenters. The lowest BCUT2D eigenvalue weighted by atomic mass is 10.1. The Morgan fingerprint density at radius 1 is 1.44 bits per heavy atom. The smallest absolute Gasteiger partial charge is 0.122 e. The van der Waals surface area contributed by atoms with Gasteiger partial charge in [-0.1, -0.05) is 0 Å². The molecule has 16 heavy (non-hydrogen) atoms. The van der Waals surface area contributed by atoms with Gasteiger partial charge in [0.1, 0.15) is 5.75 Å². The summed E-state index contributed by atoms with van der Waals surface area (Å²) in [4.78, 5) is 2.26. The maximum atomic E-state index is 6.13. The number of anilines is 1. The minimum absolute atomic E-state index is 0.0737. The number of likely N-dealkylation sites (N-methyl/N-ethyl adjacent to an activating group) is 1. The molecule has 1 fully saturated rings. The van der Waals surface area contributed by atoms with Gasteiger partial charge in [-0.15, -0.1) is 0 Å². The van der Waals surface area contributed by atoms with Gasteiger partial charge in [0.25, 0.3) is 0 Å². The second-order valence-electron chi connectivity index (χ2n) is 5.11. The van der Waals surface area contributed by atoms with E-state index in [2.05, 4.69) is 30.1 Å².